The summed E-state index contributed by atoms with van der Waals surface area (Å²) in [5.74, 6) is -0.381. The molecule has 0 amide bonds. The fourth-order valence-corrected chi connectivity index (χ4v) is 3.55. The van der Waals surface area contributed by atoms with Crippen molar-refractivity contribution in [1.82, 2.24) is 5.32 Å². The molecular weight excluding hydrogens is 255 g/mol. The lowest BCUT2D eigenvalue weighted by Crippen LogP contribution is -2.37. The van der Waals surface area contributed by atoms with Crippen LogP contribution in [0.2, 0.25) is 0 Å². The summed E-state index contributed by atoms with van der Waals surface area (Å²) >= 11 is 0. The third-order valence-corrected chi connectivity index (χ3v) is 5.03. The Bertz CT molecular complexity index is 513. The number of sulfonamides is 1. The molecule has 1 aliphatic heterocycles. The molecule has 4 nitrogen and oxygen atoms in total. The van der Waals surface area contributed by atoms with Crippen LogP contribution in [-0.4, -0.2) is 33.8 Å². The first-order chi connectivity index (χ1) is 8.49. The Morgan fingerprint density at radius 3 is 2.89 bits per heavy atom. The first kappa shape index (κ1) is 13.3. The van der Waals surface area contributed by atoms with Crippen LogP contribution in [0.1, 0.15) is 12.8 Å². The second-order valence-electron chi connectivity index (χ2n) is 4.52. The fraction of sp³-hybridized carbons (Fsp3) is 0.500. The Morgan fingerprint density at radius 2 is 2.28 bits per heavy atom. The van der Waals surface area contributed by atoms with Crippen molar-refractivity contribution in [3.05, 3.63) is 30.1 Å². The fourth-order valence-electron chi connectivity index (χ4n) is 2.10. The van der Waals surface area contributed by atoms with Crippen LogP contribution < -0.4 is 9.62 Å². The largest absolute Gasteiger partial charge is 0.313 e. The topological polar surface area (TPSA) is 49.4 Å². The highest BCUT2D eigenvalue weighted by Crippen LogP contribution is 2.19. The molecule has 0 bridgehead atoms. The van der Waals surface area contributed by atoms with E-state index in [1.807, 2.05) is 0 Å². The zero-order valence-electron chi connectivity index (χ0n) is 10.3. The van der Waals surface area contributed by atoms with Gasteiger partial charge in [0, 0.05) is 13.1 Å². The Morgan fingerprint density at radius 1 is 1.50 bits per heavy atom. The number of benzene rings is 1. The average Bonchev–Trinajstić information content (AvgIpc) is 2.80. The highest BCUT2D eigenvalue weighted by Gasteiger charge is 2.25. The Hall–Kier alpha value is -1.14. The number of hydrogen-bond acceptors (Lipinski definition) is 3. The summed E-state index contributed by atoms with van der Waals surface area (Å²) in [6, 6.07) is 5.61. The van der Waals surface area contributed by atoms with Crippen molar-refractivity contribution in [2.24, 2.45) is 0 Å². The van der Waals surface area contributed by atoms with Crippen LogP contribution in [-0.2, 0) is 10.0 Å². The molecule has 0 aliphatic carbocycles. The van der Waals surface area contributed by atoms with Gasteiger partial charge in [0.1, 0.15) is 5.82 Å². The van der Waals surface area contributed by atoms with Gasteiger partial charge in [0.25, 0.3) is 0 Å². The van der Waals surface area contributed by atoms with Crippen molar-refractivity contribution in [2.45, 2.75) is 18.9 Å². The normalized spacial score (nSPS) is 20.0. The highest BCUT2D eigenvalue weighted by atomic mass is 32.2. The van der Waals surface area contributed by atoms with E-state index in [0.717, 1.165) is 23.7 Å². The molecule has 0 radical (unpaired) electrons. The van der Waals surface area contributed by atoms with Gasteiger partial charge in [0.05, 0.1) is 11.4 Å². The Balaban J connectivity index is 2.13. The van der Waals surface area contributed by atoms with Gasteiger partial charge in [0.2, 0.25) is 10.0 Å². The maximum atomic E-state index is 13.1. The van der Waals surface area contributed by atoms with Crippen LogP contribution in [0.15, 0.2) is 24.3 Å². The van der Waals surface area contributed by atoms with E-state index in [-0.39, 0.29) is 11.8 Å². The maximum absolute atomic E-state index is 13.1. The second-order valence-corrected chi connectivity index (χ2v) is 6.56. The first-order valence-electron chi connectivity index (χ1n) is 5.94. The molecule has 1 unspecified atom stereocenters. The molecule has 1 aromatic rings. The van der Waals surface area contributed by atoms with Gasteiger partial charge >= 0.3 is 0 Å². The van der Waals surface area contributed by atoms with Gasteiger partial charge in [-0.05, 0) is 37.6 Å². The molecule has 1 atom stereocenters. The number of nitrogens with zero attached hydrogens (tertiary/aromatic N) is 1. The van der Waals surface area contributed by atoms with Crippen LogP contribution in [0.3, 0.4) is 0 Å². The lowest BCUT2D eigenvalue weighted by Gasteiger charge is -2.21. The molecule has 1 saturated heterocycles. The van der Waals surface area contributed by atoms with E-state index in [2.05, 4.69) is 5.32 Å². The summed E-state index contributed by atoms with van der Waals surface area (Å²) in [6.45, 7) is 0.865. The first-order valence-corrected chi connectivity index (χ1v) is 7.55. The predicted octanol–water partition coefficient (Wildman–Crippen LogP) is 1.34. The minimum Gasteiger partial charge on any atom is -0.313 e. The van der Waals surface area contributed by atoms with E-state index in [1.165, 1.54) is 25.2 Å². The van der Waals surface area contributed by atoms with Gasteiger partial charge in [0.15, 0.2) is 0 Å². The van der Waals surface area contributed by atoms with Gasteiger partial charge in [-0.15, -0.1) is 0 Å². The van der Waals surface area contributed by atoms with Crippen LogP contribution >= 0.6 is 0 Å². The molecule has 1 N–H and O–H groups in total. The smallest absolute Gasteiger partial charge is 0.236 e. The summed E-state index contributed by atoms with van der Waals surface area (Å²) in [7, 11) is -1.95. The van der Waals surface area contributed by atoms with E-state index in [4.69, 9.17) is 0 Å². The molecule has 0 saturated carbocycles. The van der Waals surface area contributed by atoms with Gasteiger partial charge < -0.3 is 5.32 Å². The summed E-state index contributed by atoms with van der Waals surface area (Å²) < 4.78 is 38.6. The number of hydrogen-bond donors (Lipinski definition) is 1. The number of halogens is 1. The maximum Gasteiger partial charge on any atom is 0.236 e. The standard InChI is InChI=1S/C12H17FN2O2S/c1-15(12-6-2-4-10(13)8-12)18(16,17)9-11-5-3-7-14-11/h2,4,6,8,11,14H,3,5,7,9H2,1H3. The van der Waals surface area contributed by atoms with Crippen LogP contribution in [0.25, 0.3) is 0 Å². The van der Waals surface area contributed by atoms with Crippen molar-refractivity contribution in [3.63, 3.8) is 0 Å². The summed E-state index contributed by atoms with van der Waals surface area (Å²) in [5.41, 5.74) is 0.355. The van der Waals surface area contributed by atoms with Crippen molar-refractivity contribution in [3.8, 4) is 0 Å². The zero-order chi connectivity index (χ0) is 13.2. The molecule has 1 fully saturated rings. The molecule has 0 aromatic heterocycles. The van der Waals surface area contributed by atoms with Gasteiger partial charge in [-0.3, -0.25) is 4.31 Å². The highest BCUT2D eigenvalue weighted by molar-refractivity contribution is 7.92. The Kier molecular flexibility index (Phi) is 3.87. The lowest BCUT2D eigenvalue weighted by molar-refractivity contribution is 0.575. The minimum atomic E-state index is -3.41. The summed E-state index contributed by atoms with van der Waals surface area (Å²) in [5, 5.41) is 3.15. The average molecular weight is 272 g/mol. The van der Waals surface area contributed by atoms with E-state index < -0.39 is 15.8 Å². The minimum absolute atomic E-state index is 0.00556. The molecule has 1 heterocycles. The third-order valence-electron chi connectivity index (χ3n) is 3.16. The van der Waals surface area contributed by atoms with E-state index in [0.29, 0.717) is 5.69 Å². The van der Waals surface area contributed by atoms with E-state index >= 15 is 0 Å². The number of nitrogens with one attached hydrogen (secondary N) is 1. The molecule has 6 heteroatoms. The lowest BCUT2D eigenvalue weighted by atomic mass is 10.3. The summed E-state index contributed by atoms with van der Waals surface area (Å²) in [4.78, 5) is 0. The van der Waals surface area contributed by atoms with E-state index in [1.54, 1.807) is 6.07 Å². The molecule has 1 aliphatic rings. The predicted molar refractivity (Wildman–Crippen MR) is 69.6 cm³/mol. The molecule has 0 spiro atoms. The van der Waals surface area contributed by atoms with E-state index in [9.17, 15) is 12.8 Å². The van der Waals surface area contributed by atoms with Gasteiger partial charge in [-0.1, -0.05) is 6.07 Å². The SMILES string of the molecule is CN(c1cccc(F)c1)S(=O)(=O)CC1CCCN1. The second kappa shape index (κ2) is 5.24. The van der Waals surface area contributed by atoms with Crippen LogP contribution in [0, 0.1) is 5.82 Å². The molecule has 18 heavy (non-hydrogen) atoms. The third kappa shape index (κ3) is 3.00. The molecule has 1 aromatic carbocycles. The van der Waals surface area contributed by atoms with Gasteiger partial charge in [-0.25, -0.2) is 12.8 Å². The molecule has 100 valence electrons. The zero-order valence-corrected chi connectivity index (χ0v) is 11.1. The van der Waals surface area contributed by atoms with Crippen molar-refractivity contribution < 1.29 is 12.8 Å². The Labute approximate surface area is 107 Å². The van der Waals surface area contributed by atoms with Crippen LogP contribution in [0.5, 0.6) is 0 Å². The van der Waals surface area contributed by atoms with Crippen molar-refractivity contribution in [2.75, 3.05) is 23.7 Å². The van der Waals surface area contributed by atoms with Gasteiger partial charge in [-0.2, -0.15) is 0 Å². The molecular formula is C12H17FN2O2S. The van der Waals surface area contributed by atoms with Crippen molar-refractivity contribution >= 4 is 15.7 Å². The quantitative estimate of drug-likeness (QED) is 0.900. The molecule has 2 rings (SSSR count). The monoisotopic (exact) mass is 272 g/mol. The number of rotatable bonds is 4. The van der Waals surface area contributed by atoms with Crippen molar-refractivity contribution in [1.29, 1.82) is 0 Å². The number of anilines is 1. The summed E-state index contributed by atoms with van der Waals surface area (Å²) in [6.07, 6.45) is 1.88. The van der Waals surface area contributed by atoms with Crippen LogP contribution in [0.4, 0.5) is 10.1 Å².